The summed E-state index contributed by atoms with van der Waals surface area (Å²) in [6.45, 7) is 4.58. The number of H-pyrrole nitrogens is 1. The van der Waals surface area contributed by atoms with Crippen LogP contribution in [0.4, 0.5) is 0 Å². The maximum Gasteiger partial charge on any atom is 0.307 e. The molecule has 0 aliphatic heterocycles. The molecule has 1 atom stereocenters. The Bertz CT molecular complexity index is 530. The highest BCUT2D eigenvalue weighted by Crippen LogP contribution is 2.21. The molecule has 0 bridgehead atoms. The van der Waals surface area contributed by atoms with Crippen molar-refractivity contribution in [1.29, 1.82) is 0 Å². The predicted molar refractivity (Wildman–Crippen MR) is 64.7 cm³/mol. The largest absolute Gasteiger partial charge is 0.481 e. The summed E-state index contributed by atoms with van der Waals surface area (Å²) in [4.78, 5) is 10.9. The fourth-order valence-corrected chi connectivity index (χ4v) is 3.22. The SMILES string of the molecule is Cc1n[nH]c(C)c1S(=O)(=O)N(C)CC(C)C(=O)O. The van der Waals surface area contributed by atoms with Crippen LogP contribution >= 0.6 is 0 Å². The van der Waals surface area contributed by atoms with Crippen LogP contribution in [0.25, 0.3) is 0 Å². The number of carboxylic acids is 1. The first-order chi connectivity index (χ1) is 8.17. The van der Waals surface area contributed by atoms with Crippen molar-refractivity contribution >= 4 is 16.0 Å². The molecule has 1 heterocycles. The number of nitrogens with zero attached hydrogens (tertiary/aromatic N) is 2. The van der Waals surface area contributed by atoms with E-state index in [2.05, 4.69) is 10.2 Å². The summed E-state index contributed by atoms with van der Waals surface area (Å²) in [5.41, 5.74) is 0.824. The van der Waals surface area contributed by atoms with Crippen LogP contribution in [-0.4, -0.2) is 47.6 Å². The van der Waals surface area contributed by atoms with Gasteiger partial charge in [0.2, 0.25) is 10.0 Å². The van der Waals surface area contributed by atoms with E-state index < -0.39 is 21.9 Å². The number of hydrogen-bond acceptors (Lipinski definition) is 4. The number of aliphatic carboxylic acids is 1. The molecule has 1 aromatic rings. The molecule has 0 aliphatic rings. The smallest absolute Gasteiger partial charge is 0.307 e. The zero-order chi connectivity index (χ0) is 14.1. The van der Waals surface area contributed by atoms with Crippen LogP contribution in [-0.2, 0) is 14.8 Å². The van der Waals surface area contributed by atoms with E-state index in [9.17, 15) is 13.2 Å². The molecule has 1 rings (SSSR count). The van der Waals surface area contributed by atoms with Gasteiger partial charge in [-0.2, -0.15) is 9.40 Å². The molecule has 7 nitrogen and oxygen atoms in total. The predicted octanol–water partition coefficient (Wildman–Crippen LogP) is 0.368. The minimum absolute atomic E-state index is 0.0816. The van der Waals surface area contributed by atoms with E-state index in [-0.39, 0.29) is 11.4 Å². The van der Waals surface area contributed by atoms with Gasteiger partial charge in [0.1, 0.15) is 4.90 Å². The lowest BCUT2D eigenvalue weighted by molar-refractivity contribution is -0.141. The molecule has 8 heteroatoms. The fraction of sp³-hybridized carbons (Fsp3) is 0.600. The van der Waals surface area contributed by atoms with Gasteiger partial charge in [-0.15, -0.1) is 0 Å². The van der Waals surface area contributed by atoms with Crippen molar-refractivity contribution in [3.8, 4) is 0 Å². The first kappa shape index (κ1) is 14.7. The second-order valence-corrected chi connectivity index (χ2v) is 6.27. The third-order valence-electron chi connectivity index (χ3n) is 2.68. The first-order valence-electron chi connectivity index (χ1n) is 5.38. The molecule has 0 saturated carbocycles. The van der Waals surface area contributed by atoms with Crippen molar-refractivity contribution in [3.63, 3.8) is 0 Å². The van der Waals surface area contributed by atoms with Gasteiger partial charge < -0.3 is 5.11 Å². The highest BCUT2D eigenvalue weighted by Gasteiger charge is 2.29. The van der Waals surface area contributed by atoms with E-state index >= 15 is 0 Å². The highest BCUT2D eigenvalue weighted by atomic mass is 32.2. The number of carbonyl (C=O) groups is 1. The van der Waals surface area contributed by atoms with Gasteiger partial charge >= 0.3 is 5.97 Å². The molecule has 0 aliphatic carbocycles. The normalized spacial score (nSPS) is 13.8. The van der Waals surface area contributed by atoms with Crippen molar-refractivity contribution in [2.75, 3.05) is 13.6 Å². The number of aromatic amines is 1. The lowest BCUT2D eigenvalue weighted by Crippen LogP contribution is -2.34. The van der Waals surface area contributed by atoms with Gasteiger partial charge in [0, 0.05) is 13.6 Å². The molecule has 102 valence electrons. The summed E-state index contributed by atoms with van der Waals surface area (Å²) in [6, 6.07) is 0. The number of carboxylic acid groups (broad SMARTS) is 1. The van der Waals surface area contributed by atoms with E-state index in [0.29, 0.717) is 11.4 Å². The summed E-state index contributed by atoms with van der Waals surface area (Å²) in [6.07, 6.45) is 0. The average molecular weight is 275 g/mol. The van der Waals surface area contributed by atoms with Crippen molar-refractivity contribution in [1.82, 2.24) is 14.5 Å². The highest BCUT2D eigenvalue weighted by molar-refractivity contribution is 7.89. The number of nitrogens with one attached hydrogen (secondary N) is 1. The van der Waals surface area contributed by atoms with Crippen LogP contribution in [0.15, 0.2) is 4.90 Å². The Balaban J connectivity index is 3.05. The maximum absolute atomic E-state index is 12.3. The van der Waals surface area contributed by atoms with Crippen LogP contribution < -0.4 is 0 Å². The molecule has 1 aromatic heterocycles. The van der Waals surface area contributed by atoms with Crippen LogP contribution in [0, 0.1) is 19.8 Å². The van der Waals surface area contributed by atoms with Crippen molar-refractivity contribution in [3.05, 3.63) is 11.4 Å². The molecule has 0 fully saturated rings. The average Bonchev–Trinajstić information content (AvgIpc) is 2.58. The molecule has 18 heavy (non-hydrogen) atoms. The summed E-state index contributed by atoms with van der Waals surface area (Å²) in [5, 5.41) is 15.2. The minimum Gasteiger partial charge on any atom is -0.481 e. The second kappa shape index (κ2) is 5.07. The van der Waals surface area contributed by atoms with Gasteiger partial charge in [0.25, 0.3) is 0 Å². The van der Waals surface area contributed by atoms with Crippen molar-refractivity contribution in [2.24, 2.45) is 5.92 Å². The Morgan fingerprint density at radius 3 is 2.44 bits per heavy atom. The summed E-state index contributed by atoms with van der Waals surface area (Å²) in [7, 11) is -2.35. The Morgan fingerprint density at radius 2 is 2.06 bits per heavy atom. The maximum atomic E-state index is 12.3. The van der Waals surface area contributed by atoms with E-state index in [1.54, 1.807) is 13.8 Å². The molecule has 0 amide bonds. The number of hydrogen-bond donors (Lipinski definition) is 2. The Labute approximate surface area is 106 Å². The zero-order valence-corrected chi connectivity index (χ0v) is 11.6. The van der Waals surface area contributed by atoms with E-state index in [4.69, 9.17) is 5.11 Å². The molecule has 0 spiro atoms. The summed E-state index contributed by atoms with van der Waals surface area (Å²) in [5.74, 6) is -1.80. The first-order valence-corrected chi connectivity index (χ1v) is 6.82. The fourth-order valence-electron chi connectivity index (χ4n) is 1.64. The van der Waals surface area contributed by atoms with Crippen LogP contribution in [0.1, 0.15) is 18.3 Å². The zero-order valence-electron chi connectivity index (χ0n) is 10.8. The quantitative estimate of drug-likeness (QED) is 0.808. The van der Waals surface area contributed by atoms with Gasteiger partial charge in [-0.3, -0.25) is 9.89 Å². The second-order valence-electron chi connectivity index (χ2n) is 4.29. The van der Waals surface area contributed by atoms with E-state index in [1.165, 1.54) is 14.0 Å². The minimum atomic E-state index is -3.71. The van der Waals surface area contributed by atoms with Gasteiger partial charge in [0.15, 0.2) is 0 Å². The summed E-state index contributed by atoms with van der Waals surface area (Å²) < 4.78 is 25.6. The molecule has 2 N–H and O–H groups in total. The standard InChI is InChI=1S/C10H17N3O4S/c1-6(10(14)15)5-13(4)18(16,17)9-7(2)11-12-8(9)3/h6H,5H2,1-4H3,(H,11,12)(H,14,15). The molecular weight excluding hydrogens is 258 g/mol. The molecule has 0 aromatic carbocycles. The van der Waals surface area contributed by atoms with Gasteiger partial charge in [-0.05, 0) is 13.8 Å². The topological polar surface area (TPSA) is 103 Å². The van der Waals surface area contributed by atoms with Crippen molar-refractivity contribution < 1.29 is 18.3 Å². The third kappa shape index (κ3) is 2.70. The lowest BCUT2D eigenvalue weighted by atomic mass is 10.2. The van der Waals surface area contributed by atoms with Gasteiger partial charge in [-0.1, -0.05) is 6.92 Å². The van der Waals surface area contributed by atoms with Crippen LogP contribution in [0.3, 0.4) is 0 Å². The molecule has 1 unspecified atom stereocenters. The monoisotopic (exact) mass is 275 g/mol. The number of rotatable bonds is 5. The van der Waals surface area contributed by atoms with E-state index in [1.807, 2.05) is 0 Å². The Hall–Kier alpha value is -1.41. The van der Waals surface area contributed by atoms with Crippen LogP contribution in [0.2, 0.25) is 0 Å². The molecule has 0 radical (unpaired) electrons. The van der Waals surface area contributed by atoms with Gasteiger partial charge in [-0.25, -0.2) is 8.42 Å². The molecule has 0 saturated heterocycles. The van der Waals surface area contributed by atoms with Gasteiger partial charge in [0.05, 0.1) is 17.3 Å². The Morgan fingerprint density at radius 1 is 1.50 bits per heavy atom. The number of aromatic nitrogens is 2. The third-order valence-corrected chi connectivity index (χ3v) is 4.77. The lowest BCUT2D eigenvalue weighted by Gasteiger charge is -2.19. The number of sulfonamides is 1. The van der Waals surface area contributed by atoms with E-state index in [0.717, 1.165) is 4.31 Å². The Kier molecular flexibility index (Phi) is 4.12. The van der Waals surface area contributed by atoms with Crippen molar-refractivity contribution in [2.45, 2.75) is 25.7 Å². The molecular formula is C10H17N3O4S. The number of aryl methyl sites for hydroxylation is 2. The summed E-state index contributed by atoms with van der Waals surface area (Å²) >= 11 is 0. The van der Waals surface area contributed by atoms with Crippen LogP contribution in [0.5, 0.6) is 0 Å².